The SMILES string of the molecule is CCO.CN1CC=C(C(C)(C)c2ccc([N+](=O)[O-])cc2Br)CC1.CN1CCC2=C(C1)c1cc(N)ccc1C2(C)C.CN1CCC2=C(C1)c1cc([N+](=O)[O-])ccc1C2(C)C.C[n+]1ccc(C(C)(C)c2ccc([N+](=O)[O-])cc2)cc1.C[n+]1ccc(C(C)(C)c2ccc([N+](=O)[O-])cc2Br)cc1.O=[N+]([O-])c1ccc(Cc2ccncc2)cc1.[Na+].[OH-]. The number of nitrogen functional groups attached to an aromatic ring is 1. The zero-order valence-electron chi connectivity index (χ0n) is 69.6. The van der Waals surface area contributed by atoms with E-state index in [1.807, 2.05) is 96.5 Å². The molecule has 6 aromatic carbocycles. The van der Waals surface area contributed by atoms with Crippen molar-refractivity contribution >= 4 is 77.1 Å². The van der Waals surface area contributed by atoms with Crippen LogP contribution in [0.2, 0.25) is 0 Å². The molecule has 14 rings (SSSR count). The second-order valence-corrected chi connectivity index (χ2v) is 33.7. The van der Waals surface area contributed by atoms with Crippen LogP contribution >= 0.6 is 31.9 Å². The van der Waals surface area contributed by atoms with Crippen LogP contribution in [0.5, 0.6) is 0 Å². The Morgan fingerprint density at radius 1 is 0.483 bits per heavy atom. The van der Waals surface area contributed by atoms with Gasteiger partial charge in [-0.3, -0.25) is 55.6 Å². The molecule has 0 radical (unpaired) electrons. The number of nitrogens with zero attached hydrogens (tertiary/aromatic N) is 11. The van der Waals surface area contributed by atoms with E-state index in [4.69, 9.17) is 10.8 Å². The van der Waals surface area contributed by atoms with Crippen LogP contribution in [0.3, 0.4) is 0 Å². The third-order valence-electron chi connectivity index (χ3n) is 22.2. The van der Waals surface area contributed by atoms with E-state index in [-0.39, 0.29) is 117 Å². The number of nitro groups is 5. The topological polar surface area (TPSA) is 322 Å². The van der Waals surface area contributed by atoms with Crippen LogP contribution in [0, 0.1) is 50.6 Å². The molecule has 2 aliphatic carbocycles. The van der Waals surface area contributed by atoms with Crippen LogP contribution in [0.4, 0.5) is 34.1 Å². The Kier molecular flexibility index (Phi) is 33.8. The van der Waals surface area contributed by atoms with Crippen molar-refractivity contribution < 1.29 is 73.9 Å². The molecule has 4 N–H and O–H groups in total. The minimum atomic E-state index is -0.393. The molecule has 0 unspecified atom stereocenters. The summed E-state index contributed by atoms with van der Waals surface area (Å²) in [5.41, 5.74) is 27.3. The zero-order chi connectivity index (χ0) is 83.9. The Morgan fingerprint density at radius 2 is 0.836 bits per heavy atom. The van der Waals surface area contributed by atoms with Crippen molar-refractivity contribution in [1.29, 1.82) is 0 Å². The first-order chi connectivity index (χ1) is 53.6. The Bertz CT molecular complexity index is 5060. The van der Waals surface area contributed by atoms with E-state index in [2.05, 4.69) is 184 Å². The summed E-state index contributed by atoms with van der Waals surface area (Å²) in [4.78, 5) is 62.8. The molecule has 24 nitrogen and oxygen atoms in total. The summed E-state index contributed by atoms with van der Waals surface area (Å²) in [7, 11) is 10.4. The number of non-ortho nitro benzene ring substituents is 5. The second kappa shape index (κ2) is 41.1. The number of hydrogen-bond donors (Lipinski definition) is 2. The molecule has 0 fully saturated rings. The fourth-order valence-electron chi connectivity index (χ4n) is 15.2. The van der Waals surface area contributed by atoms with E-state index in [1.54, 1.807) is 85.6 Å². The number of hydrogen-bond acceptors (Lipinski definition) is 17. The molecule has 116 heavy (non-hydrogen) atoms. The van der Waals surface area contributed by atoms with Gasteiger partial charge in [0.2, 0.25) is 0 Å². The predicted molar refractivity (Wildman–Crippen MR) is 460 cm³/mol. The van der Waals surface area contributed by atoms with E-state index >= 15 is 0 Å². The van der Waals surface area contributed by atoms with Gasteiger partial charge in [-0.25, -0.2) is 9.13 Å². The van der Waals surface area contributed by atoms with Gasteiger partial charge in [-0.05, 0) is 150 Å². The number of anilines is 1. The number of rotatable bonds is 13. The van der Waals surface area contributed by atoms with Gasteiger partial charge in [-0.1, -0.05) is 172 Å². The smallest absolute Gasteiger partial charge is 0.870 e. The molecule has 9 aromatic rings. The van der Waals surface area contributed by atoms with E-state index in [1.165, 1.54) is 69.6 Å². The van der Waals surface area contributed by atoms with Crippen LogP contribution in [0.1, 0.15) is 157 Å². The third-order valence-corrected chi connectivity index (χ3v) is 23.5. The molecule has 0 atom stereocenters. The molecule has 27 heteroatoms. The number of nitro benzene ring substituents is 5. The molecule has 3 aromatic heterocycles. The van der Waals surface area contributed by atoms with Gasteiger partial charge >= 0.3 is 29.6 Å². The molecule has 0 saturated heterocycles. The van der Waals surface area contributed by atoms with Crippen LogP contribution in [-0.2, 0) is 47.6 Å². The van der Waals surface area contributed by atoms with Crippen molar-refractivity contribution in [3.05, 3.63) is 338 Å². The normalized spacial score (nSPS) is 15.0. The van der Waals surface area contributed by atoms with Crippen molar-refractivity contribution in [3.63, 3.8) is 0 Å². The number of pyridine rings is 3. The van der Waals surface area contributed by atoms with Gasteiger partial charge in [0.05, 0.1) is 24.6 Å². The molecule has 0 spiro atoms. The van der Waals surface area contributed by atoms with Crippen molar-refractivity contribution in [2.45, 2.75) is 129 Å². The Hall–Kier alpha value is -9.45. The number of aryl methyl sites for hydroxylation is 2. The predicted octanol–water partition coefficient (Wildman–Crippen LogP) is 15.2. The Balaban J connectivity index is 0.000000214. The number of likely N-dealkylation sites (N-methyl/N-ethyl adjacent to an activating group) is 3. The maximum absolute atomic E-state index is 11.0. The fraction of sp³-hybridized carbons (Fsp3) is 0.360. The minimum absolute atomic E-state index is 0. The number of fused-ring (bicyclic) bond motifs is 4. The first kappa shape index (κ1) is 95.4. The monoisotopic (exact) mass is 1720 g/mol. The largest absolute Gasteiger partial charge is 1.00 e. The summed E-state index contributed by atoms with van der Waals surface area (Å²) in [6.07, 6.45) is 17.8. The number of halogens is 2. The standard InChI is InChI=1S/C15H19BrN2O2.C15H16BrN2O2.C15H18N2O2.C15H17N2O2.C15H20N2.C12H10N2O2.C2H6O.Na.H2O/c2*1-15(2,11-6-8-17(3)9-7-11)13-5-4-12(18(19)20)10-14(13)16;1-15(2)13-5-4-10(17(18)19)8-11(13)12-9-16(3)7-6-14(12)15;1-15(2,13-8-10-16(3)11-9-13)12-4-6-14(7-5-12)17(18)19;1-15(2)13-5-4-10(16)8-11(13)12-9-17(3)7-6-14(12)15;15-14(16)12-3-1-10(2-4-12)9-11-5-7-13-8-6-11;1-2-3;;/h4-6,10H,7-9H2,1-3H3;4-10H,1-3H3;4-5,8H,6-7,9H2,1-3H3;4-11H,1-3H3;4-5,8H,6-7,9,16H2,1-3H3;1-8H,9H2;3H,2H2,1H3;;1H2/q;+1;;+1;;;;+1;/p-1. The Labute approximate surface area is 719 Å². The Morgan fingerprint density at radius 3 is 1.25 bits per heavy atom. The summed E-state index contributed by atoms with van der Waals surface area (Å²) in [5.74, 6) is 0. The fourth-order valence-corrected chi connectivity index (χ4v) is 16.9. The molecule has 3 aliphatic heterocycles. The second-order valence-electron chi connectivity index (χ2n) is 32.0. The van der Waals surface area contributed by atoms with Gasteiger partial charge in [0.25, 0.3) is 28.4 Å². The summed E-state index contributed by atoms with van der Waals surface area (Å²) < 4.78 is 5.52. The van der Waals surface area contributed by atoms with E-state index in [0.29, 0.717) is 0 Å². The molecule has 6 heterocycles. The van der Waals surface area contributed by atoms with Gasteiger partial charge in [-0.15, -0.1) is 0 Å². The van der Waals surface area contributed by atoms with Crippen molar-refractivity contribution in [2.75, 3.05) is 72.8 Å². The zero-order valence-corrected chi connectivity index (χ0v) is 74.7. The van der Waals surface area contributed by atoms with E-state index < -0.39 is 4.92 Å². The maximum atomic E-state index is 11.0. The van der Waals surface area contributed by atoms with Gasteiger partial charge in [-0.2, -0.15) is 0 Å². The number of aromatic nitrogens is 3. The first-order valence-corrected chi connectivity index (χ1v) is 39.4. The maximum Gasteiger partial charge on any atom is 1.00 e. The first-order valence-electron chi connectivity index (χ1n) is 37.8. The summed E-state index contributed by atoms with van der Waals surface area (Å²) >= 11 is 6.94. The third kappa shape index (κ3) is 23.5. The molecular weight excluding hydrogens is 1610 g/mol. The van der Waals surface area contributed by atoms with E-state index in [0.717, 1.165) is 106 Å². The average Bonchev–Trinajstić information content (AvgIpc) is 1.58. The van der Waals surface area contributed by atoms with Crippen molar-refractivity contribution in [2.24, 2.45) is 14.1 Å². The summed E-state index contributed by atoms with van der Waals surface area (Å²) in [5, 5.41) is 61.3. The van der Waals surface area contributed by atoms with Crippen molar-refractivity contribution in [3.8, 4) is 0 Å². The summed E-state index contributed by atoms with van der Waals surface area (Å²) in [6, 6.07) is 47.1. The van der Waals surface area contributed by atoms with Crippen LogP contribution in [0.25, 0.3) is 11.1 Å². The summed E-state index contributed by atoms with van der Waals surface area (Å²) in [6.45, 7) is 30.1. The van der Waals surface area contributed by atoms with Crippen LogP contribution < -0.4 is 44.4 Å². The van der Waals surface area contributed by atoms with Gasteiger partial charge in [0.1, 0.15) is 14.1 Å². The molecule has 5 aliphatic rings. The minimum Gasteiger partial charge on any atom is -0.870 e. The van der Waals surface area contributed by atoms with Crippen LogP contribution in [-0.4, -0.2) is 122 Å². The van der Waals surface area contributed by atoms with Gasteiger partial charge in [0.15, 0.2) is 24.8 Å². The molecule has 0 bridgehead atoms. The average molecular weight is 1720 g/mol. The molecule has 608 valence electrons. The van der Waals surface area contributed by atoms with Crippen molar-refractivity contribution in [1.82, 2.24) is 19.7 Å². The molecule has 0 saturated carbocycles. The molecular formula is C89H107Br2N12NaO12+2. The van der Waals surface area contributed by atoms with Gasteiger partial charge in [0, 0.05) is 185 Å². The quantitative estimate of drug-likeness (QED) is 0.0270. The molecule has 0 amide bonds. The van der Waals surface area contributed by atoms with Gasteiger partial charge < -0.3 is 31.0 Å². The number of aliphatic hydroxyl groups is 1. The van der Waals surface area contributed by atoms with Crippen LogP contribution in [0.15, 0.2) is 227 Å². The van der Waals surface area contributed by atoms with E-state index in [9.17, 15) is 50.6 Å². The number of benzene rings is 6. The number of nitrogens with two attached hydrogens (primary N) is 1. The number of aliphatic hydroxyl groups excluding tert-OH is 1.